The van der Waals surface area contributed by atoms with Gasteiger partial charge in [0.1, 0.15) is 0 Å². The molecule has 0 aromatic carbocycles. The average Bonchev–Trinajstić information content (AvgIpc) is 1.65. The summed E-state index contributed by atoms with van der Waals surface area (Å²) in [6.45, 7) is 6.20. The van der Waals surface area contributed by atoms with Crippen LogP contribution in [0.4, 0.5) is 0 Å². The second kappa shape index (κ2) is 3.96. The molecule has 0 radical (unpaired) electrons. The Labute approximate surface area is 55.6 Å². The van der Waals surface area contributed by atoms with Crippen LogP contribution in [0.3, 0.4) is 0 Å². The molecule has 0 amide bonds. The van der Waals surface area contributed by atoms with E-state index in [-0.39, 0.29) is 0 Å². The summed E-state index contributed by atoms with van der Waals surface area (Å²) in [6, 6.07) is 0.447. The lowest BCUT2D eigenvalue weighted by atomic mass is 10.4. The van der Waals surface area contributed by atoms with Gasteiger partial charge in [0, 0.05) is 6.04 Å². The van der Waals surface area contributed by atoms with Crippen LogP contribution in [0.5, 0.6) is 0 Å². The smallest absolute Gasteiger partial charge is 0.0645 e. The van der Waals surface area contributed by atoms with Crippen LogP contribution >= 0.6 is 11.8 Å². The highest BCUT2D eigenvalue weighted by Crippen LogP contribution is 1.98. The Bertz CT molecular complexity index is 86.5. The van der Waals surface area contributed by atoms with Gasteiger partial charge in [-0.3, -0.25) is 4.99 Å². The van der Waals surface area contributed by atoms with Gasteiger partial charge < -0.3 is 0 Å². The molecule has 48 valence electrons. The van der Waals surface area contributed by atoms with Crippen molar-refractivity contribution in [3.63, 3.8) is 0 Å². The molecule has 0 aliphatic carbocycles. The van der Waals surface area contributed by atoms with E-state index in [1.165, 1.54) is 5.04 Å². The summed E-state index contributed by atoms with van der Waals surface area (Å²) in [5, 5.41) is 1.17. The molecule has 0 aliphatic heterocycles. The van der Waals surface area contributed by atoms with Gasteiger partial charge in [0.15, 0.2) is 0 Å². The minimum absolute atomic E-state index is 0.447. The summed E-state index contributed by atoms with van der Waals surface area (Å²) in [5.74, 6) is 0. The fourth-order valence-corrected chi connectivity index (χ4v) is 0.733. The Morgan fingerprint density at radius 2 is 2.00 bits per heavy atom. The summed E-state index contributed by atoms with van der Waals surface area (Å²) >= 11 is 1.70. The topological polar surface area (TPSA) is 12.4 Å². The van der Waals surface area contributed by atoms with Gasteiger partial charge in [-0.1, -0.05) is 0 Å². The van der Waals surface area contributed by atoms with E-state index < -0.39 is 0 Å². The number of nitrogens with zero attached hydrogens (tertiary/aromatic N) is 1. The van der Waals surface area contributed by atoms with Gasteiger partial charge in [0.25, 0.3) is 0 Å². The Morgan fingerprint density at radius 1 is 1.50 bits per heavy atom. The van der Waals surface area contributed by atoms with E-state index in [9.17, 15) is 0 Å². The first kappa shape index (κ1) is 8.02. The van der Waals surface area contributed by atoms with Crippen LogP contribution in [-0.2, 0) is 0 Å². The van der Waals surface area contributed by atoms with Gasteiger partial charge in [-0.25, -0.2) is 0 Å². The molecule has 8 heavy (non-hydrogen) atoms. The number of rotatable bonds is 1. The van der Waals surface area contributed by atoms with Crippen molar-refractivity contribution in [1.82, 2.24) is 0 Å². The predicted molar refractivity (Wildman–Crippen MR) is 41.8 cm³/mol. The zero-order valence-electron chi connectivity index (χ0n) is 5.93. The van der Waals surface area contributed by atoms with Crippen molar-refractivity contribution in [2.45, 2.75) is 26.8 Å². The molecule has 0 aliphatic rings. The zero-order chi connectivity index (χ0) is 6.57. The lowest BCUT2D eigenvalue weighted by Crippen LogP contribution is -1.92. The molecule has 0 saturated heterocycles. The molecule has 0 saturated carbocycles. The molecular weight excluding hydrogens is 118 g/mol. The number of aliphatic imine (C=N–C) groups is 1. The zero-order valence-corrected chi connectivity index (χ0v) is 6.75. The molecule has 0 rings (SSSR count). The Morgan fingerprint density at radius 3 is 2.12 bits per heavy atom. The minimum atomic E-state index is 0.447. The van der Waals surface area contributed by atoms with E-state index >= 15 is 0 Å². The van der Waals surface area contributed by atoms with Crippen molar-refractivity contribution in [3.8, 4) is 0 Å². The molecule has 2 heteroatoms. The predicted octanol–water partition coefficient (Wildman–Crippen LogP) is 2.18. The highest BCUT2D eigenvalue weighted by atomic mass is 32.2. The maximum Gasteiger partial charge on any atom is 0.0645 e. The van der Waals surface area contributed by atoms with Crippen molar-refractivity contribution in [1.29, 1.82) is 0 Å². The van der Waals surface area contributed by atoms with E-state index in [4.69, 9.17) is 0 Å². The summed E-state index contributed by atoms with van der Waals surface area (Å²) in [4.78, 5) is 4.28. The van der Waals surface area contributed by atoms with Crippen molar-refractivity contribution < 1.29 is 0 Å². The van der Waals surface area contributed by atoms with Crippen LogP contribution in [0, 0.1) is 0 Å². The molecule has 0 aromatic rings. The van der Waals surface area contributed by atoms with Crippen LogP contribution in [0.25, 0.3) is 0 Å². The third kappa shape index (κ3) is 4.19. The normalized spacial score (nSPS) is 12.9. The number of hydrogen-bond acceptors (Lipinski definition) is 2. The first-order valence-electron chi connectivity index (χ1n) is 2.75. The fraction of sp³-hybridized carbons (Fsp3) is 0.833. The summed E-state index contributed by atoms with van der Waals surface area (Å²) in [7, 11) is 0. The van der Waals surface area contributed by atoms with Gasteiger partial charge in [0.2, 0.25) is 0 Å². The molecule has 0 aromatic heterocycles. The Balaban J connectivity index is 3.56. The van der Waals surface area contributed by atoms with Crippen molar-refractivity contribution in [2.24, 2.45) is 4.99 Å². The summed E-state index contributed by atoms with van der Waals surface area (Å²) in [6.07, 6.45) is 2.04. The molecule has 0 atom stereocenters. The molecule has 0 heterocycles. The van der Waals surface area contributed by atoms with Gasteiger partial charge in [-0.2, -0.15) is 0 Å². The highest BCUT2D eigenvalue weighted by molar-refractivity contribution is 8.13. The van der Waals surface area contributed by atoms with Crippen molar-refractivity contribution in [2.75, 3.05) is 6.26 Å². The van der Waals surface area contributed by atoms with Crippen LogP contribution in [0.15, 0.2) is 4.99 Å². The third-order valence-electron chi connectivity index (χ3n) is 0.735. The summed E-state index contributed by atoms with van der Waals surface area (Å²) < 4.78 is 0. The fourth-order valence-electron chi connectivity index (χ4n) is 0.416. The largest absolute Gasteiger partial charge is 0.280 e. The maximum absolute atomic E-state index is 4.28. The van der Waals surface area contributed by atoms with Crippen LogP contribution < -0.4 is 0 Å². The Hall–Kier alpha value is 0.0200. The lowest BCUT2D eigenvalue weighted by Gasteiger charge is -1.96. The second-order valence-electron chi connectivity index (χ2n) is 1.95. The molecule has 0 fully saturated rings. The van der Waals surface area contributed by atoms with Gasteiger partial charge >= 0.3 is 0 Å². The molecule has 0 N–H and O–H groups in total. The van der Waals surface area contributed by atoms with Gasteiger partial charge in [-0.05, 0) is 27.0 Å². The molecule has 0 spiro atoms. The molecular formula is C6H13NS. The molecule has 0 unspecified atom stereocenters. The second-order valence-corrected chi connectivity index (χ2v) is 2.95. The quantitative estimate of drug-likeness (QED) is 0.392. The monoisotopic (exact) mass is 131 g/mol. The van der Waals surface area contributed by atoms with Crippen LogP contribution in [0.2, 0.25) is 0 Å². The van der Waals surface area contributed by atoms with Crippen molar-refractivity contribution in [3.05, 3.63) is 0 Å². The van der Waals surface area contributed by atoms with Crippen LogP contribution in [0.1, 0.15) is 20.8 Å². The highest BCUT2D eigenvalue weighted by Gasteiger charge is 1.87. The van der Waals surface area contributed by atoms with E-state index in [1.807, 2.05) is 13.2 Å². The standard InChI is InChI=1S/C6H13NS/c1-5(2)7-6(3)8-4/h5H,1-4H3/b7-6-. The first-order valence-corrected chi connectivity index (χ1v) is 3.97. The number of thioether (sulfide) groups is 1. The third-order valence-corrected chi connectivity index (χ3v) is 1.43. The number of hydrogen-bond donors (Lipinski definition) is 0. The van der Waals surface area contributed by atoms with Gasteiger partial charge in [-0.15, -0.1) is 11.8 Å². The minimum Gasteiger partial charge on any atom is -0.280 e. The van der Waals surface area contributed by atoms with Crippen LogP contribution in [-0.4, -0.2) is 17.3 Å². The summed E-state index contributed by atoms with van der Waals surface area (Å²) in [5.41, 5.74) is 0. The Kier molecular flexibility index (Phi) is 3.97. The average molecular weight is 131 g/mol. The van der Waals surface area contributed by atoms with E-state index in [2.05, 4.69) is 18.8 Å². The van der Waals surface area contributed by atoms with Gasteiger partial charge in [0.05, 0.1) is 5.04 Å². The molecule has 1 nitrogen and oxygen atoms in total. The van der Waals surface area contributed by atoms with E-state index in [0.29, 0.717) is 6.04 Å². The molecule has 0 bridgehead atoms. The van der Waals surface area contributed by atoms with E-state index in [0.717, 1.165) is 0 Å². The SMILES string of the molecule is CS/C(C)=N\C(C)C. The lowest BCUT2D eigenvalue weighted by molar-refractivity contribution is 0.839. The maximum atomic E-state index is 4.28. The first-order chi connectivity index (χ1) is 3.66. The van der Waals surface area contributed by atoms with Crippen molar-refractivity contribution >= 4 is 16.8 Å². The van der Waals surface area contributed by atoms with E-state index in [1.54, 1.807) is 11.8 Å².